The molecule has 1 saturated heterocycles. The monoisotopic (exact) mass is 419 g/mol. The van der Waals surface area contributed by atoms with E-state index in [0.29, 0.717) is 18.7 Å². The zero-order valence-electron chi connectivity index (χ0n) is 19.2. The maximum Gasteiger partial charge on any atom is 0.410 e. The van der Waals surface area contributed by atoms with Gasteiger partial charge in [0, 0.05) is 45.4 Å². The van der Waals surface area contributed by atoms with Crippen molar-refractivity contribution in [3.05, 3.63) is 28.3 Å². The molecule has 3 heterocycles. The molecule has 1 unspecified atom stereocenters. The Labute approximate surface area is 177 Å². The summed E-state index contributed by atoms with van der Waals surface area (Å²) in [6.07, 6.45) is 1.33. The number of nitrogens with zero attached hydrogens (tertiary/aromatic N) is 5. The minimum Gasteiger partial charge on any atom is -0.444 e. The fourth-order valence-corrected chi connectivity index (χ4v) is 3.74. The minimum atomic E-state index is -0.542. The van der Waals surface area contributed by atoms with Gasteiger partial charge in [-0.1, -0.05) is 0 Å². The quantitative estimate of drug-likeness (QED) is 0.761. The average molecular weight is 420 g/mol. The Morgan fingerprint density at radius 1 is 1.23 bits per heavy atom. The summed E-state index contributed by atoms with van der Waals surface area (Å²) in [5.74, 6) is 0. The molecule has 1 amide bonds. The second-order valence-electron chi connectivity index (χ2n) is 9.09. The van der Waals surface area contributed by atoms with Crippen LogP contribution in [0.2, 0.25) is 0 Å². The number of carbonyl (C=O) groups is 1. The largest absolute Gasteiger partial charge is 0.444 e. The number of imidazole rings is 1. The number of carbonyl (C=O) groups excluding carboxylic acids is 1. The normalized spacial score (nSPS) is 21.2. The number of hydrogen-bond acceptors (Lipinski definition) is 6. The molecule has 0 radical (unpaired) electrons. The molecule has 2 aromatic rings. The maximum absolute atomic E-state index is 12.6. The molecular weight excluding hydrogens is 386 g/mol. The van der Waals surface area contributed by atoms with Crippen LogP contribution in [0.3, 0.4) is 0 Å². The lowest BCUT2D eigenvalue weighted by Crippen LogP contribution is -2.59. The molecule has 2 aromatic heterocycles. The first kappa shape index (κ1) is 22.1. The third kappa shape index (κ3) is 4.16. The van der Waals surface area contributed by atoms with Gasteiger partial charge in [0.15, 0.2) is 5.65 Å². The van der Waals surface area contributed by atoms with Gasteiger partial charge in [0.2, 0.25) is 0 Å². The predicted octanol–water partition coefficient (Wildman–Crippen LogP) is 2.57. The molecule has 1 fully saturated rings. The lowest BCUT2D eigenvalue weighted by Gasteiger charge is -2.45. The Balaban J connectivity index is 1.96. The van der Waals surface area contributed by atoms with Crippen LogP contribution in [0.4, 0.5) is 10.5 Å². The third-order valence-corrected chi connectivity index (χ3v) is 5.53. The highest BCUT2D eigenvalue weighted by Crippen LogP contribution is 2.28. The van der Waals surface area contributed by atoms with Gasteiger partial charge in [-0.15, -0.1) is 0 Å². The molecule has 3 atom stereocenters. The maximum atomic E-state index is 12.6. The molecule has 9 heteroatoms. The summed E-state index contributed by atoms with van der Waals surface area (Å²) in [5.41, 5.74) is 1.55. The number of ether oxygens (including phenoxy) is 2. The van der Waals surface area contributed by atoms with Gasteiger partial charge in [-0.2, -0.15) is 0 Å². The van der Waals surface area contributed by atoms with Gasteiger partial charge in [-0.3, -0.25) is 4.79 Å². The summed E-state index contributed by atoms with van der Waals surface area (Å²) < 4.78 is 14.3. The van der Waals surface area contributed by atoms with Crippen LogP contribution < -0.4 is 10.5 Å². The number of piperazine rings is 1. The summed E-state index contributed by atoms with van der Waals surface area (Å²) in [6.45, 7) is 12.6. The van der Waals surface area contributed by atoms with Crippen molar-refractivity contribution >= 4 is 17.4 Å². The van der Waals surface area contributed by atoms with Crippen molar-refractivity contribution in [1.82, 2.24) is 19.1 Å². The van der Waals surface area contributed by atoms with Gasteiger partial charge in [0.1, 0.15) is 5.60 Å². The summed E-state index contributed by atoms with van der Waals surface area (Å²) >= 11 is 0. The molecule has 166 valence electrons. The minimum absolute atomic E-state index is 0.00961. The van der Waals surface area contributed by atoms with Crippen LogP contribution in [-0.2, 0) is 16.5 Å². The molecule has 0 aromatic carbocycles. The topological polar surface area (TPSA) is 81.3 Å². The molecule has 30 heavy (non-hydrogen) atoms. The smallest absolute Gasteiger partial charge is 0.410 e. The van der Waals surface area contributed by atoms with E-state index in [-0.39, 0.29) is 29.8 Å². The standard InChI is InChI=1S/C21H33N5O4/c1-13-11-25(20(28)30-21(4,5)6)14(2)10-24(13)17-9-18(27)23(7)26-12-16(15(3)29-8)22-19(17)26/h9,12-15H,10-11H2,1-8H3/t13-,14+,15?/m0/s1. The Bertz CT molecular complexity index is 990. The van der Waals surface area contributed by atoms with E-state index in [2.05, 4.69) is 4.90 Å². The molecular formula is C21H33N5O4. The highest BCUT2D eigenvalue weighted by molar-refractivity contribution is 5.72. The predicted molar refractivity (Wildman–Crippen MR) is 115 cm³/mol. The number of amides is 1. The molecule has 1 aliphatic heterocycles. The van der Waals surface area contributed by atoms with Crippen LogP contribution >= 0.6 is 0 Å². The summed E-state index contributed by atoms with van der Waals surface area (Å²) in [5, 5.41) is 0. The summed E-state index contributed by atoms with van der Waals surface area (Å²) in [6, 6.07) is 1.53. The molecule has 3 rings (SSSR count). The van der Waals surface area contributed by atoms with Gasteiger partial charge < -0.3 is 19.3 Å². The third-order valence-electron chi connectivity index (χ3n) is 5.53. The molecule has 0 bridgehead atoms. The molecule has 0 N–H and O–H groups in total. The van der Waals surface area contributed by atoms with Crippen molar-refractivity contribution in [2.45, 2.75) is 65.3 Å². The molecule has 9 nitrogen and oxygen atoms in total. The SMILES string of the molecule is COC(C)c1cn2c(n1)c(N1C[C@@H](C)N(C(=O)OC(C)(C)C)C[C@@H]1C)cc(=O)n2C. The van der Waals surface area contributed by atoms with Crippen molar-refractivity contribution in [2.75, 3.05) is 25.1 Å². The van der Waals surface area contributed by atoms with Gasteiger partial charge in [0.25, 0.3) is 5.56 Å². The second-order valence-corrected chi connectivity index (χ2v) is 9.09. The van der Waals surface area contributed by atoms with E-state index in [9.17, 15) is 9.59 Å². The van der Waals surface area contributed by atoms with Crippen LogP contribution in [-0.4, -0.2) is 63.1 Å². The van der Waals surface area contributed by atoms with Crippen LogP contribution in [0.15, 0.2) is 17.1 Å². The number of methoxy groups -OCH3 is 1. The van der Waals surface area contributed by atoms with Crippen molar-refractivity contribution in [2.24, 2.45) is 7.05 Å². The Morgan fingerprint density at radius 3 is 2.50 bits per heavy atom. The molecule has 0 aliphatic carbocycles. The number of aromatic nitrogens is 3. The van der Waals surface area contributed by atoms with Gasteiger partial charge >= 0.3 is 6.09 Å². The highest BCUT2D eigenvalue weighted by Gasteiger charge is 2.35. The zero-order valence-corrected chi connectivity index (χ0v) is 19.2. The summed E-state index contributed by atoms with van der Waals surface area (Å²) in [7, 11) is 3.35. The zero-order chi connectivity index (χ0) is 22.4. The van der Waals surface area contributed by atoms with Gasteiger partial charge in [0.05, 0.1) is 23.7 Å². The van der Waals surface area contributed by atoms with Crippen molar-refractivity contribution in [3.63, 3.8) is 0 Å². The van der Waals surface area contributed by atoms with Gasteiger partial charge in [-0.05, 0) is 41.5 Å². The van der Waals surface area contributed by atoms with E-state index >= 15 is 0 Å². The Morgan fingerprint density at radius 2 is 1.90 bits per heavy atom. The van der Waals surface area contributed by atoms with Crippen LogP contribution in [0.5, 0.6) is 0 Å². The first-order valence-electron chi connectivity index (χ1n) is 10.3. The lowest BCUT2D eigenvalue weighted by atomic mass is 10.1. The van der Waals surface area contributed by atoms with Crippen molar-refractivity contribution < 1.29 is 14.3 Å². The molecule has 0 saturated carbocycles. The first-order valence-corrected chi connectivity index (χ1v) is 10.3. The number of hydrogen-bond donors (Lipinski definition) is 0. The number of aryl methyl sites for hydroxylation is 1. The number of anilines is 1. The highest BCUT2D eigenvalue weighted by atomic mass is 16.6. The fourth-order valence-electron chi connectivity index (χ4n) is 3.74. The Kier molecular flexibility index (Phi) is 5.86. The average Bonchev–Trinajstić information content (AvgIpc) is 3.10. The van der Waals surface area contributed by atoms with Crippen LogP contribution in [0.1, 0.15) is 53.3 Å². The van der Waals surface area contributed by atoms with Crippen LogP contribution in [0.25, 0.3) is 5.65 Å². The molecule has 1 aliphatic rings. The fraction of sp³-hybridized carbons (Fsp3) is 0.667. The number of rotatable bonds is 3. The Hall–Kier alpha value is -2.55. The second kappa shape index (κ2) is 7.94. The van der Waals surface area contributed by atoms with Crippen molar-refractivity contribution in [1.29, 1.82) is 0 Å². The number of fused-ring (bicyclic) bond motifs is 1. The van der Waals surface area contributed by atoms with E-state index in [1.807, 2.05) is 47.7 Å². The van der Waals surface area contributed by atoms with E-state index in [1.165, 1.54) is 4.68 Å². The van der Waals surface area contributed by atoms with Crippen molar-refractivity contribution in [3.8, 4) is 0 Å². The van der Waals surface area contributed by atoms with E-state index < -0.39 is 5.60 Å². The first-order chi connectivity index (χ1) is 13.9. The van der Waals surface area contributed by atoms with E-state index in [1.54, 1.807) is 29.6 Å². The van der Waals surface area contributed by atoms with E-state index in [0.717, 1.165) is 11.4 Å². The summed E-state index contributed by atoms with van der Waals surface area (Å²) in [4.78, 5) is 33.9. The van der Waals surface area contributed by atoms with E-state index in [4.69, 9.17) is 14.5 Å². The molecule has 0 spiro atoms. The van der Waals surface area contributed by atoms with Crippen LogP contribution in [0, 0.1) is 0 Å². The lowest BCUT2D eigenvalue weighted by molar-refractivity contribution is 0.0130. The van der Waals surface area contributed by atoms with Gasteiger partial charge in [-0.25, -0.2) is 19.0 Å².